The van der Waals surface area contributed by atoms with Crippen LogP contribution in [0.15, 0.2) is 188 Å². The van der Waals surface area contributed by atoms with Gasteiger partial charge >= 0.3 is 0 Å². The summed E-state index contributed by atoms with van der Waals surface area (Å²) >= 11 is 0. The molecule has 0 unspecified atom stereocenters. The van der Waals surface area contributed by atoms with Gasteiger partial charge < -0.3 is 0 Å². The number of rotatable bonds is 6. The quantitative estimate of drug-likeness (QED) is 0.173. The summed E-state index contributed by atoms with van der Waals surface area (Å²) in [7, 11) is 0. The van der Waals surface area contributed by atoms with Gasteiger partial charge in [0.2, 0.25) is 0 Å². The molecule has 1 heterocycles. The third-order valence-electron chi connectivity index (χ3n) is 11.1. The van der Waals surface area contributed by atoms with E-state index in [-0.39, 0.29) is 5.41 Å². The summed E-state index contributed by atoms with van der Waals surface area (Å²) in [5, 5.41) is 2.47. The van der Waals surface area contributed by atoms with Crippen molar-refractivity contribution in [3.8, 4) is 78.7 Å². The van der Waals surface area contributed by atoms with Crippen molar-refractivity contribution in [2.75, 3.05) is 0 Å². The van der Waals surface area contributed by atoms with Gasteiger partial charge in [-0.1, -0.05) is 184 Å². The summed E-state index contributed by atoms with van der Waals surface area (Å²) < 4.78 is 0. The Balaban J connectivity index is 1.14. The van der Waals surface area contributed by atoms with Gasteiger partial charge in [0.25, 0.3) is 0 Å². The van der Waals surface area contributed by atoms with E-state index in [1.165, 1.54) is 55.3 Å². The van der Waals surface area contributed by atoms with Crippen LogP contribution in [0.2, 0.25) is 0 Å². The smallest absolute Gasteiger partial charge is 0.164 e. The lowest BCUT2D eigenvalue weighted by Gasteiger charge is -2.23. The molecule has 10 rings (SSSR count). The van der Waals surface area contributed by atoms with Crippen molar-refractivity contribution < 1.29 is 0 Å². The largest absolute Gasteiger partial charge is 0.208 e. The van der Waals surface area contributed by atoms with E-state index >= 15 is 0 Å². The van der Waals surface area contributed by atoms with Crippen LogP contribution in [0, 0.1) is 0 Å². The molecule has 260 valence electrons. The summed E-state index contributed by atoms with van der Waals surface area (Å²) in [5.74, 6) is 1.93. The zero-order valence-corrected chi connectivity index (χ0v) is 30.7. The van der Waals surface area contributed by atoms with Gasteiger partial charge in [0.1, 0.15) is 0 Å². The van der Waals surface area contributed by atoms with Crippen molar-refractivity contribution in [3.63, 3.8) is 0 Å². The Kier molecular flexibility index (Phi) is 7.81. The molecule has 1 aromatic heterocycles. The predicted molar refractivity (Wildman–Crippen MR) is 228 cm³/mol. The molecule has 8 aromatic carbocycles. The zero-order valence-electron chi connectivity index (χ0n) is 30.7. The van der Waals surface area contributed by atoms with Crippen LogP contribution in [-0.2, 0) is 5.41 Å². The molecule has 0 bridgehead atoms. The van der Waals surface area contributed by atoms with E-state index in [0.29, 0.717) is 17.5 Å². The minimum atomic E-state index is -0.185. The summed E-state index contributed by atoms with van der Waals surface area (Å²) in [6.45, 7) is 4.73. The van der Waals surface area contributed by atoms with Crippen LogP contribution < -0.4 is 0 Å². The molecule has 0 amide bonds. The van der Waals surface area contributed by atoms with Gasteiger partial charge in [-0.25, -0.2) is 15.0 Å². The average molecular weight is 704 g/mol. The third-order valence-corrected chi connectivity index (χ3v) is 11.1. The minimum Gasteiger partial charge on any atom is -0.208 e. The maximum atomic E-state index is 5.15. The first-order valence-electron chi connectivity index (χ1n) is 18.9. The molecule has 55 heavy (non-hydrogen) atoms. The van der Waals surface area contributed by atoms with Crippen molar-refractivity contribution in [2.24, 2.45) is 0 Å². The molecule has 0 saturated heterocycles. The molecule has 0 saturated carbocycles. The van der Waals surface area contributed by atoms with Crippen LogP contribution in [0.25, 0.3) is 89.4 Å². The minimum absolute atomic E-state index is 0.185. The number of fused-ring (bicyclic) bond motifs is 4. The summed E-state index contributed by atoms with van der Waals surface area (Å²) in [4.78, 5) is 15.3. The first kappa shape index (κ1) is 32.7. The molecule has 0 N–H and O–H groups in total. The first-order valence-corrected chi connectivity index (χ1v) is 18.9. The Morgan fingerprint density at radius 1 is 0.327 bits per heavy atom. The Hall–Kier alpha value is -6.97. The monoisotopic (exact) mass is 703 g/mol. The number of aromatic nitrogens is 3. The van der Waals surface area contributed by atoms with Gasteiger partial charge in [0.15, 0.2) is 17.5 Å². The molecule has 0 spiro atoms. The summed E-state index contributed by atoms with van der Waals surface area (Å²) in [6.07, 6.45) is 0. The molecular formula is C52H37N3. The fourth-order valence-corrected chi connectivity index (χ4v) is 8.26. The summed E-state index contributed by atoms with van der Waals surface area (Å²) in [5.41, 5.74) is 15.1. The second kappa shape index (κ2) is 13.2. The van der Waals surface area contributed by atoms with E-state index < -0.39 is 0 Å². The molecule has 1 aliphatic carbocycles. The Labute approximate surface area is 321 Å². The number of nitrogens with zero attached hydrogens (tertiary/aromatic N) is 3. The van der Waals surface area contributed by atoms with Gasteiger partial charge in [0, 0.05) is 22.1 Å². The highest BCUT2D eigenvalue weighted by Crippen LogP contribution is 2.55. The average Bonchev–Trinajstić information content (AvgIpc) is 3.48. The maximum Gasteiger partial charge on any atom is 0.164 e. The van der Waals surface area contributed by atoms with Crippen LogP contribution in [0.4, 0.5) is 0 Å². The lowest BCUT2D eigenvalue weighted by molar-refractivity contribution is 0.661. The highest BCUT2D eigenvalue weighted by molar-refractivity contribution is 6.08. The molecular weight excluding hydrogens is 667 g/mol. The molecule has 3 nitrogen and oxygen atoms in total. The van der Waals surface area contributed by atoms with E-state index in [9.17, 15) is 0 Å². The van der Waals surface area contributed by atoms with Crippen molar-refractivity contribution in [1.82, 2.24) is 15.0 Å². The number of benzene rings is 8. The molecule has 0 radical (unpaired) electrons. The van der Waals surface area contributed by atoms with Crippen molar-refractivity contribution in [3.05, 3.63) is 199 Å². The van der Waals surface area contributed by atoms with Crippen LogP contribution in [0.3, 0.4) is 0 Å². The standard InChI is InChI=1S/C52H37N3/c1-52(2)45-32-39(35-17-8-4-9-18-35)29-30-44(45)48-46(52)33-40-21-12-13-24-43(40)47(48)41-22-14-23-42(31-41)51-54-49(37-19-10-5-11-20-37)53-50(55-51)38-27-25-36(26-28-38)34-15-6-3-7-16-34/h3-33H,1-2H3. The molecule has 0 aliphatic heterocycles. The van der Waals surface area contributed by atoms with Crippen molar-refractivity contribution in [1.29, 1.82) is 0 Å². The molecule has 0 atom stereocenters. The van der Waals surface area contributed by atoms with Crippen LogP contribution >= 0.6 is 0 Å². The van der Waals surface area contributed by atoms with E-state index in [4.69, 9.17) is 15.0 Å². The van der Waals surface area contributed by atoms with Crippen LogP contribution in [0.5, 0.6) is 0 Å². The molecule has 0 fully saturated rings. The van der Waals surface area contributed by atoms with Gasteiger partial charge in [-0.05, 0) is 84.6 Å². The molecule has 9 aromatic rings. The third kappa shape index (κ3) is 5.73. The first-order chi connectivity index (χ1) is 27.0. The fraction of sp³-hybridized carbons (Fsp3) is 0.0577. The van der Waals surface area contributed by atoms with E-state index in [1.54, 1.807) is 0 Å². The topological polar surface area (TPSA) is 38.7 Å². The Morgan fingerprint density at radius 3 is 1.47 bits per heavy atom. The SMILES string of the molecule is CC1(C)c2cc(-c3ccccc3)ccc2-c2c1cc1ccccc1c2-c1cccc(-c2nc(-c3ccccc3)nc(-c3ccc(-c4ccccc4)cc3)n2)c1. The molecule has 3 heteroatoms. The Morgan fingerprint density at radius 2 is 0.800 bits per heavy atom. The number of hydrogen-bond acceptors (Lipinski definition) is 3. The lowest BCUT2D eigenvalue weighted by atomic mass is 9.80. The van der Waals surface area contributed by atoms with Crippen molar-refractivity contribution in [2.45, 2.75) is 19.3 Å². The molecule has 1 aliphatic rings. The van der Waals surface area contributed by atoms with Gasteiger partial charge in [-0.2, -0.15) is 0 Å². The van der Waals surface area contributed by atoms with E-state index in [2.05, 4.69) is 178 Å². The highest BCUT2D eigenvalue weighted by Gasteiger charge is 2.38. The predicted octanol–water partition coefficient (Wildman–Crippen LogP) is 13.3. The highest BCUT2D eigenvalue weighted by atomic mass is 15.0. The van der Waals surface area contributed by atoms with Crippen molar-refractivity contribution >= 4 is 10.8 Å². The van der Waals surface area contributed by atoms with Gasteiger partial charge in [-0.3, -0.25) is 0 Å². The van der Waals surface area contributed by atoms with E-state index in [1.807, 2.05) is 24.3 Å². The van der Waals surface area contributed by atoms with Gasteiger partial charge in [-0.15, -0.1) is 0 Å². The lowest BCUT2D eigenvalue weighted by Crippen LogP contribution is -2.15. The maximum absolute atomic E-state index is 5.15. The normalized spacial score (nSPS) is 12.7. The van der Waals surface area contributed by atoms with Crippen LogP contribution in [-0.4, -0.2) is 15.0 Å². The van der Waals surface area contributed by atoms with Crippen LogP contribution in [0.1, 0.15) is 25.0 Å². The second-order valence-electron chi connectivity index (χ2n) is 14.8. The Bertz CT molecular complexity index is 2860. The van der Waals surface area contributed by atoms with Gasteiger partial charge in [0.05, 0.1) is 0 Å². The number of hydrogen-bond donors (Lipinski definition) is 0. The zero-order chi connectivity index (χ0) is 36.9. The second-order valence-corrected chi connectivity index (χ2v) is 14.8. The van der Waals surface area contributed by atoms with E-state index in [0.717, 1.165) is 27.8 Å². The fourth-order valence-electron chi connectivity index (χ4n) is 8.26. The summed E-state index contributed by atoms with van der Waals surface area (Å²) in [6, 6.07) is 66.7.